The second kappa shape index (κ2) is 6.03. The quantitative estimate of drug-likeness (QED) is 0.465. The van der Waals surface area contributed by atoms with Crippen molar-refractivity contribution in [3.8, 4) is 23.6 Å². The minimum atomic E-state index is -0.628. The van der Waals surface area contributed by atoms with Crippen molar-refractivity contribution in [1.82, 2.24) is 0 Å². The number of rotatable bonds is 4. The summed E-state index contributed by atoms with van der Waals surface area (Å²) in [6.45, 7) is 0. The van der Waals surface area contributed by atoms with E-state index in [4.69, 9.17) is 20.0 Å². The second-order valence-electron chi connectivity index (χ2n) is 3.31. The molecule has 0 N–H and O–H groups in total. The Morgan fingerprint density at radius 3 is 2.37 bits per heavy atom. The van der Waals surface area contributed by atoms with E-state index in [1.807, 2.05) is 0 Å². The van der Waals surface area contributed by atoms with Crippen LogP contribution >= 0.6 is 0 Å². The lowest BCUT2D eigenvalue weighted by Gasteiger charge is -2.08. The van der Waals surface area contributed by atoms with Crippen LogP contribution in [-0.2, 0) is 0 Å². The van der Waals surface area contributed by atoms with Gasteiger partial charge in [-0.05, 0) is 17.7 Å². The smallest absolute Gasteiger partial charge is 0.315 e. The van der Waals surface area contributed by atoms with Gasteiger partial charge in [-0.1, -0.05) is 0 Å². The van der Waals surface area contributed by atoms with E-state index < -0.39 is 4.92 Å². The minimum absolute atomic E-state index is 0.0138. The van der Waals surface area contributed by atoms with Gasteiger partial charge in [-0.15, -0.1) is 0 Å². The number of nitriles is 2. The highest BCUT2D eigenvalue weighted by atomic mass is 16.6. The van der Waals surface area contributed by atoms with E-state index in [1.165, 1.54) is 32.4 Å². The van der Waals surface area contributed by atoms with Crippen LogP contribution < -0.4 is 9.47 Å². The van der Waals surface area contributed by atoms with Gasteiger partial charge in [-0.2, -0.15) is 10.5 Å². The molecule has 7 nitrogen and oxygen atoms in total. The molecule has 0 heterocycles. The highest BCUT2D eigenvalue weighted by Crippen LogP contribution is 2.38. The van der Waals surface area contributed by atoms with Gasteiger partial charge in [-0.3, -0.25) is 10.1 Å². The number of ether oxygens (including phenoxy) is 2. The molecular formula is C12H9N3O4. The Bertz CT molecular complexity index is 607. The molecule has 1 rings (SSSR count). The summed E-state index contributed by atoms with van der Waals surface area (Å²) in [5.41, 5.74) is -0.160. The predicted molar refractivity (Wildman–Crippen MR) is 65.4 cm³/mol. The van der Waals surface area contributed by atoms with Gasteiger partial charge in [0.25, 0.3) is 0 Å². The van der Waals surface area contributed by atoms with Crippen molar-refractivity contribution in [2.75, 3.05) is 14.2 Å². The number of nitro groups is 1. The van der Waals surface area contributed by atoms with E-state index in [0.717, 1.165) is 0 Å². The zero-order valence-corrected chi connectivity index (χ0v) is 10.2. The number of hydrogen-bond acceptors (Lipinski definition) is 6. The number of hydrogen-bond donors (Lipinski definition) is 0. The molecule has 19 heavy (non-hydrogen) atoms. The van der Waals surface area contributed by atoms with E-state index >= 15 is 0 Å². The molecule has 96 valence electrons. The number of allylic oxidation sites excluding steroid dienone is 1. The molecule has 1 aromatic rings. The summed E-state index contributed by atoms with van der Waals surface area (Å²) in [6, 6.07) is 6.00. The average Bonchev–Trinajstić information content (AvgIpc) is 2.43. The summed E-state index contributed by atoms with van der Waals surface area (Å²) in [4.78, 5) is 10.3. The zero-order valence-electron chi connectivity index (χ0n) is 10.2. The Hall–Kier alpha value is -3.06. The molecule has 7 heteroatoms. The molecule has 0 atom stereocenters. The lowest BCUT2D eigenvalue weighted by Crippen LogP contribution is -1.98. The summed E-state index contributed by atoms with van der Waals surface area (Å²) in [7, 11) is 2.63. The van der Waals surface area contributed by atoms with Crippen LogP contribution in [0, 0.1) is 32.8 Å². The van der Waals surface area contributed by atoms with Crippen molar-refractivity contribution in [3.63, 3.8) is 0 Å². The van der Waals surface area contributed by atoms with Crippen molar-refractivity contribution < 1.29 is 14.4 Å². The molecule has 0 aliphatic heterocycles. The average molecular weight is 259 g/mol. The van der Waals surface area contributed by atoms with Crippen LogP contribution in [0.4, 0.5) is 5.69 Å². The Morgan fingerprint density at radius 1 is 1.32 bits per heavy atom. The molecular weight excluding hydrogens is 250 g/mol. The van der Waals surface area contributed by atoms with Crippen molar-refractivity contribution in [2.24, 2.45) is 0 Å². The first kappa shape index (κ1) is 14.0. The largest absolute Gasteiger partial charge is 0.493 e. The van der Waals surface area contributed by atoms with Gasteiger partial charge < -0.3 is 9.47 Å². The fraction of sp³-hybridized carbons (Fsp3) is 0.167. The summed E-state index contributed by atoms with van der Waals surface area (Å²) < 4.78 is 9.92. The van der Waals surface area contributed by atoms with Crippen LogP contribution in [0.25, 0.3) is 6.08 Å². The lowest BCUT2D eigenvalue weighted by atomic mass is 10.1. The maximum absolute atomic E-state index is 10.9. The SMILES string of the molecule is COc1cc(C=C(C#N)C#N)cc([N+](=O)[O-])c1OC. The van der Waals surface area contributed by atoms with Gasteiger partial charge in [0.05, 0.1) is 19.1 Å². The van der Waals surface area contributed by atoms with Gasteiger partial charge in [0.15, 0.2) is 5.75 Å². The van der Waals surface area contributed by atoms with Crippen LogP contribution in [-0.4, -0.2) is 19.1 Å². The third-order valence-electron chi connectivity index (χ3n) is 2.23. The van der Waals surface area contributed by atoms with Crippen LogP contribution in [0.2, 0.25) is 0 Å². The molecule has 0 saturated heterocycles. The lowest BCUT2D eigenvalue weighted by molar-refractivity contribution is -0.385. The van der Waals surface area contributed by atoms with Gasteiger partial charge in [0.1, 0.15) is 17.7 Å². The van der Waals surface area contributed by atoms with E-state index in [9.17, 15) is 10.1 Å². The van der Waals surface area contributed by atoms with Crippen LogP contribution in [0.3, 0.4) is 0 Å². The number of methoxy groups -OCH3 is 2. The Balaban J connectivity index is 3.51. The monoisotopic (exact) mass is 259 g/mol. The number of nitrogens with zero attached hydrogens (tertiary/aromatic N) is 3. The Kier molecular flexibility index (Phi) is 4.44. The highest BCUT2D eigenvalue weighted by molar-refractivity contribution is 5.69. The van der Waals surface area contributed by atoms with Crippen molar-refractivity contribution in [3.05, 3.63) is 33.4 Å². The van der Waals surface area contributed by atoms with Crippen molar-refractivity contribution in [2.45, 2.75) is 0 Å². The molecule has 0 aliphatic carbocycles. The highest BCUT2D eigenvalue weighted by Gasteiger charge is 2.21. The Morgan fingerprint density at radius 2 is 1.95 bits per heavy atom. The van der Waals surface area contributed by atoms with Crippen LogP contribution in [0.1, 0.15) is 5.56 Å². The predicted octanol–water partition coefficient (Wildman–Crippen LogP) is 2.04. The van der Waals surface area contributed by atoms with Crippen LogP contribution in [0.15, 0.2) is 17.7 Å². The molecule has 0 spiro atoms. The molecule has 0 aromatic heterocycles. The molecule has 0 aliphatic rings. The fourth-order valence-electron chi connectivity index (χ4n) is 1.44. The molecule has 0 bridgehead atoms. The molecule has 0 amide bonds. The molecule has 0 saturated carbocycles. The summed E-state index contributed by atoms with van der Waals surface area (Å²) in [5, 5.41) is 28.3. The van der Waals surface area contributed by atoms with Gasteiger partial charge in [0.2, 0.25) is 5.75 Å². The first-order chi connectivity index (χ1) is 9.07. The third-order valence-corrected chi connectivity index (χ3v) is 2.23. The first-order valence-electron chi connectivity index (χ1n) is 4.99. The molecule has 0 radical (unpaired) electrons. The fourth-order valence-corrected chi connectivity index (χ4v) is 1.44. The minimum Gasteiger partial charge on any atom is -0.493 e. The van der Waals surface area contributed by atoms with Crippen LogP contribution in [0.5, 0.6) is 11.5 Å². The molecule has 1 aromatic carbocycles. The molecule has 0 fully saturated rings. The maximum atomic E-state index is 10.9. The number of nitro benzene ring substituents is 1. The summed E-state index contributed by atoms with van der Waals surface area (Å²) in [6.07, 6.45) is 1.23. The van der Waals surface area contributed by atoms with E-state index in [0.29, 0.717) is 5.56 Å². The standard InChI is InChI=1S/C12H9N3O4/c1-18-11-5-8(3-9(6-13)7-14)4-10(15(16)17)12(11)19-2/h3-5H,1-2H3. The van der Waals surface area contributed by atoms with E-state index in [2.05, 4.69) is 0 Å². The molecule has 0 unspecified atom stereocenters. The van der Waals surface area contributed by atoms with Crippen molar-refractivity contribution in [1.29, 1.82) is 10.5 Å². The third kappa shape index (κ3) is 2.99. The van der Waals surface area contributed by atoms with Gasteiger partial charge >= 0.3 is 5.69 Å². The topological polar surface area (TPSA) is 109 Å². The van der Waals surface area contributed by atoms with E-state index in [-0.39, 0.29) is 22.8 Å². The summed E-state index contributed by atoms with van der Waals surface area (Å²) >= 11 is 0. The Labute approximate surface area is 109 Å². The van der Waals surface area contributed by atoms with Crippen molar-refractivity contribution >= 4 is 11.8 Å². The second-order valence-corrected chi connectivity index (χ2v) is 3.31. The summed E-state index contributed by atoms with van der Waals surface area (Å²) in [5.74, 6) is 0.137. The van der Waals surface area contributed by atoms with Gasteiger partial charge in [0, 0.05) is 6.07 Å². The zero-order chi connectivity index (χ0) is 14.4. The maximum Gasteiger partial charge on any atom is 0.315 e. The van der Waals surface area contributed by atoms with E-state index in [1.54, 1.807) is 12.1 Å². The normalized spacial score (nSPS) is 8.84. The van der Waals surface area contributed by atoms with Gasteiger partial charge in [-0.25, -0.2) is 0 Å². The number of benzene rings is 1. The first-order valence-corrected chi connectivity index (χ1v) is 4.99.